The highest BCUT2D eigenvalue weighted by atomic mass is 16.6. The number of nitro groups is 1. The molecule has 0 saturated carbocycles. The average Bonchev–Trinajstić information content (AvgIpc) is 2.70. The van der Waals surface area contributed by atoms with Gasteiger partial charge in [-0.15, -0.1) is 0 Å². The Morgan fingerprint density at radius 3 is 2.64 bits per heavy atom. The van der Waals surface area contributed by atoms with Crippen molar-refractivity contribution in [2.75, 3.05) is 6.61 Å². The van der Waals surface area contributed by atoms with Crippen molar-refractivity contribution in [3.63, 3.8) is 0 Å². The zero-order valence-corrected chi connectivity index (χ0v) is 15.8. The van der Waals surface area contributed by atoms with Gasteiger partial charge >= 0.3 is 5.69 Å². The molecule has 0 aromatic heterocycles. The van der Waals surface area contributed by atoms with E-state index in [1.54, 1.807) is 30.3 Å². The van der Waals surface area contributed by atoms with Crippen LogP contribution in [0.5, 0.6) is 5.75 Å². The topological polar surface area (TPSA) is 111 Å². The predicted octanol–water partition coefficient (Wildman–Crippen LogP) is 2.82. The van der Waals surface area contributed by atoms with Gasteiger partial charge in [0.15, 0.2) is 12.4 Å². The number of ether oxygens (including phenoxy) is 1. The molecule has 0 aliphatic rings. The van der Waals surface area contributed by atoms with Gasteiger partial charge in [0.05, 0.1) is 4.92 Å². The van der Waals surface area contributed by atoms with Crippen LogP contribution in [-0.4, -0.2) is 29.4 Å². The van der Waals surface area contributed by atoms with E-state index < -0.39 is 10.8 Å². The maximum atomic E-state index is 12.2. The summed E-state index contributed by atoms with van der Waals surface area (Å²) in [4.78, 5) is 34.5. The summed E-state index contributed by atoms with van der Waals surface area (Å²) in [5.74, 6) is -0.554. The lowest BCUT2D eigenvalue weighted by Crippen LogP contribution is -2.32. The molecule has 2 rings (SSSR count). The first-order valence-corrected chi connectivity index (χ1v) is 8.93. The molecule has 0 heterocycles. The third-order valence-electron chi connectivity index (χ3n) is 4.09. The first-order valence-electron chi connectivity index (χ1n) is 8.93. The average molecular weight is 385 g/mol. The third kappa shape index (κ3) is 6.08. The van der Waals surface area contributed by atoms with E-state index in [4.69, 9.17) is 4.74 Å². The summed E-state index contributed by atoms with van der Waals surface area (Å²) in [6.07, 6.45) is 0.834. The lowest BCUT2D eigenvalue weighted by atomic mass is 10.1. The summed E-state index contributed by atoms with van der Waals surface area (Å²) in [5.41, 5.74) is 1.08. The summed E-state index contributed by atoms with van der Waals surface area (Å²) in [6, 6.07) is 12.9. The summed E-state index contributed by atoms with van der Waals surface area (Å²) in [6.45, 7) is 3.78. The minimum Gasteiger partial charge on any atom is -0.477 e. The summed E-state index contributed by atoms with van der Waals surface area (Å²) in [5, 5.41) is 16.5. The zero-order valence-electron chi connectivity index (χ0n) is 15.8. The van der Waals surface area contributed by atoms with Crippen molar-refractivity contribution in [1.82, 2.24) is 10.6 Å². The van der Waals surface area contributed by atoms with E-state index in [0.29, 0.717) is 5.56 Å². The first kappa shape index (κ1) is 20.9. The van der Waals surface area contributed by atoms with Crippen LogP contribution in [0.3, 0.4) is 0 Å². The van der Waals surface area contributed by atoms with Gasteiger partial charge in [0.1, 0.15) is 0 Å². The lowest BCUT2D eigenvalue weighted by molar-refractivity contribution is -0.385. The standard InChI is InChI=1S/C20H23N3O5/c1-3-14(2)22-20(25)16-8-6-7-15(11-16)12-21-19(24)13-28-18-10-5-4-9-17(18)23(26)27/h4-11,14H,3,12-13H2,1-2H3,(H,21,24)(H,22,25). The number of nitrogens with zero attached hydrogens (tertiary/aromatic N) is 1. The second kappa shape index (κ2) is 10.1. The Hall–Kier alpha value is -3.42. The Kier molecular flexibility index (Phi) is 7.50. The van der Waals surface area contributed by atoms with E-state index in [-0.39, 0.29) is 36.5 Å². The van der Waals surface area contributed by atoms with E-state index in [0.717, 1.165) is 12.0 Å². The molecule has 0 spiro atoms. The van der Waals surface area contributed by atoms with Crippen LogP contribution in [0.2, 0.25) is 0 Å². The van der Waals surface area contributed by atoms with Crippen LogP contribution in [0.15, 0.2) is 48.5 Å². The van der Waals surface area contributed by atoms with Crippen molar-refractivity contribution in [2.24, 2.45) is 0 Å². The van der Waals surface area contributed by atoms with E-state index in [1.807, 2.05) is 13.8 Å². The third-order valence-corrected chi connectivity index (χ3v) is 4.09. The van der Waals surface area contributed by atoms with Gasteiger partial charge in [0.25, 0.3) is 11.8 Å². The molecule has 2 aromatic carbocycles. The molecule has 0 saturated heterocycles. The maximum absolute atomic E-state index is 12.2. The van der Waals surface area contributed by atoms with Crippen molar-refractivity contribution >= 4 is 17.5 Å². The van der Waals surface area contributed by atoms with Gasteiger partial charge in [-0.05, 0) is 37.1 Å². The van der Waals surface area contributed by atoms with Crippen LogP contribution >= 0.6 is 0 Å². The number of para-hydroxylation sites is 2. The number of hydrogen-bond donors (Lipinski definition) is 2. The Labute approximate surface area is 163 Å². The van der Waals surface area contributed by atoms with Crippen LogP contribution in [0, 0.1) is 10.1 Å². The number of rotatable bonds is 9. The van der Waals surface area contributed by atoms with Gasteiger partial charge in [-0.3, -0.25) is 19.7 Å². The first-order chi connectivity index (χ1) is 13.4. The molecule has 28 heavy (non-hydrogen) atoms. The lowest BCUT2D eigenvalue weighted by Gasteiger charge is -2.12. The second-order valence-electron chi connectivity index (χ2n) is 6.27. The van der Waals surface area contributed by atoms with E-state index in [2.05, 4.69) is 10.6 Å². The van der Waals surface area contributed by atoms with Crippen LogP contribution < -0.4 is 15.4 Å². The van der Waals surface area contributed by atoms with Gasteiger partial charge in [-0.1, -0.05) is 31.2 Å². The fraction of sp³-hybridized carbons (Fsp3) is 0.300. The Morgan fingerprint density at radius 2 is 1.93 bits per heavy atom. The minimum absolute atomic E-state index is 0.0337. The fourth-order valence-electron chi connectivity index (χ4n) is 2.36. The van der Waals surface area contributed by atoms with E-state index in [9.17, 15) is 19.7 Å². The van der Waals surface area contributed by atoms with E-state index in [1.165, 1.54) is 18.2 Å². The Balaban J connectivity index is 1.89. The summed E-state index contributed by atoms with van der Waals surface area (Å²) < 4.78 is 5.25. The number of nitrogens with one attached hydrogen (secondary N) is 2. The van der Waals surface area contributed by atoms with Crippen LogP contribution in [-0.2, 0) is 11.3 Å². The molecule has 0 aliphatic heterocycles. The molecule has 8 heteroatoms. The summed E-state index contributed by atoms with van der Waals surface area (Å²) in [7, 11) is 0. The number of amides is 2. The van der Waals surface area contributed by atoms with Gasteiger partial charge < -0.3 is 15.4 Å². The fourth-order valence-corrected chi connectivity index (χ4v) is 2.36. The summed E-state index contributed by atoms with van der Waals surface area (Å²) >= 11 is 0. The maximum Gasteiger partial charge on any atom is 0.310 e. The Bertz CT molecular complexity index is 853. The molecule has 0 radical (unpaired) electrons. The number of nitro benzene ring substituents is 1. The molecule has 0 aliphatic carbocycles. The number of carbonyl (C=O) groups excluding carboxylic acids is 2. The van der Waals surface area contributed by atoms with E-state index >= 15 is 0 Å². The second-order valence-corrected chi connectivity index (χ2v) is 6.27. The quantitative estimate of drug-likeness (QED) is 0.509. The molecule has 2 aromatic rings. The SMILES string of the molecule is CCC(C)NC(=O)c1cccc(CNC(=O)COc2ccccc2[N+](=O)[O-])c1. The normalized spacial score (nSPS) is 11.4. The molecular formula is C20H23N3O5. The molecule has 0 fully saturated rings. The van der Waals surface area contributed by atoms with Gasteiger partial charge in [0, 0.05) is 24.2 Å². The highest BCUT2D eigenvalue weighted by molar-refractivity contribution is 5.94. The highest BCUT2D eigenvalue weighted by Crippen LogP contribution is 2.25. The molecule has 0 bridgehead atoms. The van der Waals surface area contributed by atoms with Gasteiger partial charge in [-0.2, -0.15) is 0 Å². The number of benzene rings is 2. The van der Waals surface area contributed by atoms with Gasteiger partial charge in [-0.25, -0.2) is 0 Å². The monoisotopic (exact) mass is 385 g/mol. The molecule has 1 atom stereocenters. The Morgan fingerprint density at radius 1 is 1.18 bits per heavy atom. The number of carbonyl (C=O) groups is 2. The molecular weight excluding hydrogens is 362 g/mol. The van der Waals surface area contributed by atoms with Crippen molar-refractivity contribution in [3.8, 4) is 5.75 Å². The van der Waals surface area contributed by atoms with Crippen molar-refractivity contribution in [2.45, 2.75) is 32.9 Å². The van der Waals surface area contributed by atoms with Gasteiger partial charge in [0.2, 0.25) is 0 Å². The molecule has 1 unspecified atom stereocenters. The van der Waals surface area contributed by atoms with Crippen LogP contribution in [0.25, 0.3) is 0 Å². The van der Waals surface area contributed by atoms with Crippen LogP contribution in [0.1, 0.15) is 36.2 Å². The molecule has 8 nitrogen and oxygen atoms in total. The number of hydrogen-bond acceptors (Lipinski definition) is 5. The van der Waals surface area contributed by atoms with Crippen molar-refractivity contribution in [1.29, 1.82) is 0 Å². The van der Waals surface area contributed by atoms with Crippen molar-refractivity contribution < 1.29 is 19.2 Å². The largest absolute Gasteiger partial charge is 0.477 e. The van der Waals surface area contributed by atoms with Crippen molar-refractivity contribution in [3.05, 3.63) is 69.8 Å². The van der Waals surface area contributed by atoms with Crippen LogP contribution in [0.4, 0.5) is 5.69 Å². The zero-order chi connectivity index (χ0) is 20.5. The molecule has 148 valence electrons. The highest BCUT2D eigenvalue weighted by Gasteiger charge is 2.15. The smallest absolute Gasteiger partial charge is 0.310 e. The minimum atomic E-state index is -0.566. The molecule has 2 N–H and O–H groups in total. The molecule has 2 amide bonds. The predicted molar refractivity (Wildman–Crippen MR) is 104 cm³/mol.